The molecule has 4 heterocycles. The number of ether oxygens (including phenoxy) is 3. The number of nitrogens with one attached hydrogen (secondary N) is 3. The predicted molar refractivity (Wildman–Crippen MR) is 183 cm³/mol. The number of sulfonamides is 1. The van der Waals surface area contributed by atoms with Gasteiger partial charge in [-0.05, 0) is 63.6 Å². The summed E-state index contributed by atoms with van der Waals surface area (Å²) in [6.07, 6.45) is -0.292. The lowest BCUT2D eigenvalue weighted by atomic mass is 9.98. The minimum Gasteiger partial charge on any atom is -0.497 e. The van der Waals surface area contributed by atoms with Crippen LogP contribution in [-0.4, -0.2) is 95.5 Å². The van der Waals surface area contributed by atoms with Gasteiger partial charge in [-0.1, -0.05) is 25.0 Å². The van der Waals surface area contributed by atoms with E-state index in [-0.39, 0.29) is 29.5 Å². The predicted octanol–water partition coefficient (Wildman–Crippen LogP) is 3.40. The quantitative estimate of drug-likeness (QED) is 0.324. The molecule has 0 unspecified atom stereocenters. The summed E-state index contributed by atoms with van der Waals surface area (Å²) >= 11 is 0. The van der Waals surface area contributed by atoms with Crippen molar-refractivity contribution in [2.45, 2.75) is 98.9 Å². The van der Waals surface area contributed by atoms with Crippen molar-refractivity contribution in [3.05, 3.63) is 36.0 Å². The Bertz CT molecular complexity index is 2060. The van der Waals surface area contributed by atoms with Gasteiger partial charge < -0.3 is 34.9 Å². The fourth-order valence-electron chi connectivity index (χ4n) is 7.51. The summed E-state index contributed by atoms with van der Waals surface area (Å²) in [6, 6.07) is 1.39. The first-order valence-electron chi connectivity index (χ1n) is 17.7. The number of benzene rings is 1. The van der Waals surface area contributed by atoms with Crippen molar-refractivity contribution in [1.29, 1.82) is 0 Å². The van der Waals surface area contributed by atoms with E-state index < -0.39 is 105 Å². The van der Waals surface area contributed by atoms with Crippen LogP contribution in [0.3, 0.4) is 0 Å². The molecule has 1 aromatic carbocycles. The standard InChI is InChI=1S/C35H40F3N5O10S/c1-32(12-13-32)54(49,50)42-30(46)34-15-19(34)8-6-4-3-5-7-9-23(40-31(47)48)29(45)43-17-33(16-24(43)28(44)41-34)18-52-25-21-14-20(51-2)10-11-22(21)39-27(26(25)53-33)35(36,37)38/h6,8,10-11,14,19,23-24,40H,3-5,7,9,12-13,15-18H2,1-2H3,(H,41,44)(H,42,46)(H,47,48)/t19-,23-,24-,33+,34+/m0/s1. The number of carbonyl (C=O) groups excluding carboxylic acids is 3. The molecule has 2 aromatic rings. The second kappa shape index (κ2) is 13.2. The van der Waals surface area contributed by atoms with Gasteiger partial charge in [0.15, 0.2) is 22.8 Å². The maximum Gasteiger partial charge on any atom is 0.437 e. The molecule has 3 fully saturated rings. The monoisotopic (exact) mass is 779 g/mol. The largest absolute Gasteiger partial charge is 0.497 e. The van der Waals surface area contributed by atoms with E-state index in [1.807, 2.05) is 6.08 Å². The number of hydrogen-bond acceptors (Lipinski definition) is 10. The van der Waals surface area contributed by atoms with Gasteiger partial charge >= 0.3 is 12.3 Å². The number of rotatable bonds is 5. The number of halogens is 3. The Labute approximate surface area is 308 Å². The fraction of sp³-hybridized carbons (Fsp3) is 0.571. The summed E-state index contributed by atoms with van der Waals surface area (Å²) < 4.78 is 88.3. The highest BCUT2D eigenvalue weighted by Gasteiger charge is 2.64. The molecule has 1 saturated heterocycles. The number of aromatic nitrogens is 1. The molecule has 1 aromatic heterocycles. The van der Waals surface area contributed by atoms with Gasteiger partial charge in [0.1, 0.15) is 30.0 Å². The number of carbonyl (C=O) groups is 4. The van der Waals surface area contributed by atoms with Crippen LogP contribution in [0, 0.1) is 5.92 Å². The summed E-state index contributed by atoms with van der Waals surface area (Å²) in [5, 5.41) is 14.7. The molecule has 292 valence electrons. The third-order valence-corrected chi connectivity index (χ3v) is 13.2. The summed E-state index contributed by atoms with van der Waals surface area (Å²) in [4.78, 5) is 59.1. The number of alkyl halides is 3. The molecule has 0 bridgehead atoms. The zero-order valence-corrected chi connectivity index (χ0v) is 30.3. The molecule has 54 heavy (non-hydrogen) atoms. The molecule has 2 aliphatic carbocycles. The lowest BCUT2D eigenvalue weighted by Crippen LogP contribution is -2.58. The fourth-order valence-corrected chi connectivity index (χ4v) is 8.83. The summed E-state index contributed by atoms with van der Waals surface area (Å²) in [5.41, 5.74) is -4.92. The van der Waals surface area contributed by atoms with Gasteiger partial charge in [0.05, 0.1) is 23.9 Å². The molecule has 4 N–H and O–H groups in total. The van der Waals surface area contributed by atoms with E-state index in [9.17, 15) is 45.9 Å². The Balaban J connectivity index is 1.27. The number of fused-ring (bicyclic) bond motifs is 5. The van der Waals surface area contributed by atoms with Gasteiger partial charge in [0.25, 0.3) is 5.91 Å². The van der Waals surface area contributed by atoms with Crippen molar-refractivity contribution in [3.8, 4) is 17.2 Å². The summed E-state index contributed by atoms with van der Waals surface area (Å²) in [7, 11) is -2.73. The number of methoxy groups -OCH3 is 1. The van der Waals surface area contributed by atoms with Gasteiger partial charge in [-0.25, -0.2) is 18.2 Å². The number of allylic oxidation sites excluding steroid dienone is 1. The molecule has 0 radical (unpaired) electrons. The molecule has 7 rings (SSSR count). The Hall–Kier alpha value is -4.81. The number of carboxylic acid groups (broad SMARTS) is 1. The summed E-state index contributed by atoms with van der Waals surface area (Å²) in [5.74, 6) is -3.99. The van der Waals surface area contributed by atoms with Crippen molar-refractivity contribution in [1.82, 2.24) is 25.2 Å². The van der Waals surface area contributed by atoms with E-state index in [1.165, 1.54) is 32.2 Å². The van der Waals surface area contributed by atoms with E-state index in [0.29, 0.717) is 44.3 Å². The molecule has 5 atom stereocenters. The van der Waals surface area contributed by atoms with Gasteiger partial charge in [-0.2, -0.15) is 13.2 Å². The van der Waals surface area contributed by atoms with Crippen molar-refractivity contribution < 1.29 is 60.1 Å². The topological polar surface area (TPSA) is 203 Å². The molecule has 4 amide bonds. The first-order valence-corrected chi connectivity index (χ1v) is 19.2. The third-order valence-electron chi connectivity index (χ3n) is 11.1. The smallest absolute Gasteiger partial charge is 0.437 e. The maximum absolute atomic E-state index is 14.5. The molecular weight excluding hydrogens is 739 g/mol. The normalized spacial score (nSPS) is 29.3. The van der Waals surface area contributed by atoms with Gasteiger partial charge in [-0.3, -0.25) is 19.1 Å². The van der Waals surface area contributed by atoms with E-state index in [4.69, 9.17) is 14.2 Å². The van der Waals surface area contributed by atoms with Gasteiger partial charge in [0, 0.05) is 17.7 Å². The maximum atomic E-state index is 14.5. The van der Waals surface area contributed by atoms with Crippen LogP contribution in [0.4, 0.5) is 18.0 Å². The third kappa shape index (κ3) is 6.74. The van der Waals surface area contributed by atoms with E-state index >= 15 is 0 Å². The van der Waals surface area contributed by atoms with E-state index in [2.05, 4.69) is 20.3 Å². The second-order valence-electron chi connectivity index (χ2n) is 15.0. The SMILES string of the molecule is COc1ccc2nc(C(F)(F)F)c3c(c2c1)OC[C@]1(C[C@H]2C(=O)N[C@]4(C(=O)NS(=O)(=O)C5(C)CC5)C[C@@H]4C=CCCCCC[C@H](NC(=O)O)C(=O)N2C1)O3. The molecule has 15 nitrogen and oxygen atoms in total. The number of nitrogens with zero attached hydrogens (tertiary/aromatic N) is 2. The van der Waals surface area contributed by atoms with Crippen molar-refractivity contribution in [2.24, 2.45) is 5.92 Å². The van der Waals surface area contributed by atoms with Gasteiger partial charge in [-0.15, -0.1) is 0 Å². The van der Waals surface area contributed by atoms with Crippen LogP contribution in [0.25, 0.3) is 10.9 Å². The minimum atomic E-state index is -5.02. The van der Waals surface area contributed by atoms with Crippen LogP contribution >= 0.6 is 0 Å². The van der Waals surface area contributed by atoms with Crippen molar-refractivity contribution in [2.75, 3.05) is 20.3 Å². The lowest BCUT2D eigenvalue weighted by Gasteiger charge is -2.36. The zero-order valence-electron chi connectivity index (χ0n) is 29.5. The van der Waals surface area contributed by atoms with E-state index in [0.717, 1.165) is 4.90 Å². The van der Waals surface area contributed by atoms with Gasteiger partial charge in [0.2, 0.25) is 21.8 Å². The Morgan fingerprint density at radius 3 is 2.57 bits per heavy atom. The molecule has 19 heteroatoms. The minimum absolute atomic E-state index is 0.0481. The highest BCUT2D eigenvalue weighted by atomic mass is 32.2. The molecule has 3 aliphatic heterocycles. The van der Waals surface area contributed by atoms with Crippen LogP contribution in [0.15, 0.2) is 30.4 Å². The number of amides is 4. The Morgan fingerprint density at radius 1 is 1.13 bits per heavy atom. The number of pyridine rings is 1. The first kappa shape index (κ1) is 37.5. The van der Waals surface area contributed by atoms with Crippen LogP contribution < -0.4 is 29.6 Å². The Kier molecular flexibility index (Phi) is 9.16. The van der Waals surface area contributed by atoms with Crippen LogP contribution in [-0.2, 0) is 30.6 Å². The first-order chi connectivity index (χ1) is 25.4. The summed E-state index contributed by atoms with van der Waals surface area (Å²) in [6.45, 7) is 0.585. The molecular formula is C35H40F3N5O10S. The average Bonchev–Trinajstić information content (AvgIpc) is 4.00. The zero-order chi connectivity index (χ0) is 38.8. The van der Waals surface area contributed by atoms with Crippen molar-refractivity contribution >= 4 is 44.7 Å². The molecule has 5 aliphatic rings. The highest BCUT2D eigenvalue weighted by molar-refractivity contribution is 7.91. The van der Waals surface area contributed by atoms with Crippen LogP contribution in [0.5, 0.6) is 17.2 Å². The van der Waals surface area contributed by atoms with Crippen LogP contribution in [0.1, 0.15) is 70.4 Å². The van der Waals surface area contributed by atoms with Crippen molar-refractivity contribution in [3.63, 3.8) is 0 Å². The van der Waals surface area contributed by atoms with E-state index in [1.54, 1.807) is 6.08 Å². The lowest BCUT2D eigenvalue weighted by molar-refractivity contribution is -0.145. The highest BCUT2D eigenvalue weighted by Crippen LogP contribution is 2.51. The molecule has 1 spiro atoms. The average molecular weight is 780 g/mol. The second-order valence-corrected chi connectivity index (χ2v) is 17.2. The number of hydrogen-bond donors (Lipinski definition) is 4. The van der Waals surface area contributed by atoms with Crippen LogP contribution in [0.2, 0.25) is 0 Å². The molecule has 2 saturated carbocycles. The Morgan fingerprint density at radius 2 is 1.89 bits per heavy atom.